The van der Waals surface area contributed by atoms with Gasteiger partial charge in [0.15, 0.2) is 0 Å². The second-order valence-electron chi connectivity index (χ2n) is 23.3. The van der Waals surface area contributed by atoms with E-state index in [0.29, 0.717) is 11.5 Å². The Hall–Kier alpha value is -8.76. The van der Waals surface area contributed by atoms with Crippen LogP contribution in [0.1, 0.15) is 74.9 Å². The van der Waals surface area contributed by atoms with E-state index in [-0.39, 0.29) is 31.9 Å². The van der Waals surface area contributed by atoms with Gasteiger partial charge in [-0.1, -0.05) is 217 Å². The van der Waals surface area contributed by atoms with Crippen molar-refractivity contribution in [2.75, 3.05) is 9.80 Å². The molecule has 0 radical (unpaired) electrons. The quantitative estimate of drug-likeness (QED) is 0.135. The van der Waals surface area contributed by atoms with Crippen LogP contribution in [0.25, 0.3) is 61.0 Å². The van der Waals surface area contributed by atoms with E-state index < -0.39 is 5.41 Å². The van der Waals surface area contributed by atoms with Crippen molar-refractivity contribution >= 4 is 44.6 Å². The SMILES string of the molecule is CC(C)(C)c1ccnc(-n2c3[c-]c(Oc4[c-]c(N5[CH-]N(c6c(-c7ccccc7)cc(C(C)(C)C)cc6-c6ccccc6)c6ccccc65)cc(C5(c6ccccc6)c6ccccc6-c6ccccc65)c4)ccc3c3ccccc32)c1.[Pt]. The van der Waals surface area contributed by atoms with E-state index >= 15 is 0 Å². The van der Waals surface area contributed by atoms with Crippen LogP contribution in [0.2, 0.25) is 0 Å². The summed E-state index contributed by atoms with van der Waals surface area (Å²) >= 11 is 0. The van der Waals surface area contributed by atoms with Crippen molar-refractivity contribution in [1.29, 1.82) is 0 Å². The third-order valence-electron chi connectivity index (χ3n) is 16.3. The molecule has 12 aromatic rings. The fraction of sp³-hybridized carbons (Fsp3) is 0.120. The minimum absolute atomic E-state index is 0. The molecule has 6 heteroatoms. The number of para-hydroxylation sites is 3. The number of fused-ring (bicyclic) bond motifs is 7. The molecule has 2 aromatic heterocycles. The van der Waals surface area contributed by atoms with Gasteiger partial charge in [-0.3, -0.25) is 0 Å². The Kier molecular flexibility index (Phi) is 12.8. The van der Waals surface area contributed by atoms with Crippen LogP contribution in [0.4, 0.5) is 22.7 Å². The van der Waals surface area contributed by atoms with Gasteiger partial charge in [0.1, 0.15) is 5.82 Å². The van der Waals surface area contributed by atoms with Crippen molar-refractivity contribution < 1.29 is 25.8 Å². The molecule has 1 aliphatic heterocycles. The number of hydrogen-bond acceptors (Lipinski definition) is 4. The molecule has 0 saturated carbocycles. The van der Waals surface area contributed by atoms with E-state index in [0.717, 1.165) is 83.8 Å². The summed E-state index contributed by atoms with van der Waals surface area (Å²) in [6.45, 7) is 15.9. The number of benzene rings is 10. The van der Waals surface area contributed by atoms with E-state index in [4.69, 9.17) is 9.72 Å². The van der Waals surface area contributed by atoms with Gasteiger partial charge in [-0.25, -0.2) is 4.98 Å². The average molecular weight is 1230 g/mol. The summed E-state index contributed by atoms with van der Waals surface area (Å²) in [4.78, 5) is 9.68. The number of nitrogens with zero attached hydrogens (tertiary/aromatic N) is 4. The summed E-state index contributed by atoms with van der Waals surface area (Å²) < 4.78 is 9.53. The first-order valence-electron chi connectivity index (χ1n) is 27.7. The topological polar surface area (TPSA) is 33.5 Å². The zero-order valence-electron chi connectivity index (χ0n) is 46.2. The monoisotopic (exact) mass is 1230 g/mol. The Labute approximate surface area is 490 Å². The molecule has 0 spiro atoms. The van der Waals surface area contributed by atoms with Gasteiger partial charge >= 0.3 is 0 Å². The molecule has 0 bridgehead atoms. The maximum atomic E-state index is 7.31. The summed E-state index contributed by atoms with van der Waals surface area (Å²) in [6, 6.07) is 93.3. The Morgan fingerprint density at radius 3 is 1.64 bits per heavy atom. The van der Waals surface area contributed by atoms with Crippen LogP contribution in [0.15, 0.2) is 243 Å². The molecule has 0 atom stereocenters. The second-order valence-corrected chi connectivity index (χ2v) is 23.3. The van der Waals surface area contributed by atoms with E-state index in [1.165, 1.54) is 33.4 Å². The van der Waals surface area contributed by atoms with Gasteiger partial charge in [0.25, 0.3) is 0 Å². The van der Waals surface area contributed by atoms with E-state index in [1.807, 2.05) is 12.3 Å². The van der Waals surface area contributed by atoms with E-state index in [9.17, 15) is 0 Å². The van der Waals surface area contributed by atoms with Crippen LogP contribution in [-0.4, -0.2) is 9.55 Å². The molecule has 0 amide bonds. The van der Waals surface area contributed by atoms with Crippen molar-refractivity contribution in [3.8, 4) is 50.7 Å². The Morgan fingerprint density at radius 1 is 0.457 bits per heavy atom. The van der Waals surface area contributed by atoms with Gasteiger partial charge in [-0.2, -0.15) is 6.07 Å². The van der Waals surface area contributed by atoms with Gasteiger partial charge < -0.3 is 19.1 Å². The minimum Gasteiger partial charge on any atom is -0.509 e. The van der Waals surface area contributed by atoms with Crippen molar-refractivity contribution in [3.05, 3.63) is 295 Å². The van der Waals surface area contributed by atoms with Gasteiger partial charge in [-0.15, -0.1) is 53.6 Å². The first-order chi connectivity index (χ1) is 38.9. The minimum atomic E-state index is -0.733. The molecule has 14 rings (SSSR count). The zero-order valence-corrected chi connectivity index (χ0v) is 48.5. The molecule has 0 unspecified atom stereocenters. The normalized spacial score (nSPS) is 13.5. The maximum Gasteiger partial charge on any atom is 0.135 e. The molecule has 0 N–H and O–H groups in total. The summed E-state index contributed by atoms with van der Waals surface area (Å²) in [5.74, 6) is 1.97. The number of aromatic nitrogens is 2. The van der Waals surface area contributed by atoms with Gasteiger partial charge in [0, 0.05) is 77.9 Å². The van der Waals surface area contributed by atoms with Crippen LogP contribution in [0.3, 0.4) is 0 Å². The Morgan fingerprint density at radius 2 is 1.01 bits per heavy atom. The molecule has 0 fully saturated rings. The molecule has 10 aromatic carbocycles. The van der Waals surface area contributed by atoms with Crippen LogP contribution in [0, 0.1) is 18.8 Å². The molecule has 398 valence electrons. The summed E-state index contributed by atoms with van der Waals surface area (Å²) in [6.07, 6.45) is 1.92. The number of pyridine rings is 1. The number of rotatable bonds is 9. The Balaban J connectivity index is 0.00000618. The third kappa shape index (κ3) is 8.69. The van der Waals surface area contributed by atoms with E-state index in [1.54, 1.807) is 0 Å². The van der Waals surface area contributed by atoms with Crippen molar-refractivity contribution in [2.45, 2.75) is 57.8 Å². The van der Waals surface area contributed by atoms with Crippen LogP contribution in [0.5, 0.6) is 11.5 Å². The van der Waals surface area contributed by atoms with Crippen LogP contribution in [-0.2, 0) is 37.3 Å². The van der Waals surface area contributed by atoms with Crippen molar-refractivity contribution in [1.82, 2.24) is 9.55 Å². The number of ether oxygens (including phenoxy) is 1. The molecule has 1 aliphatic carbocycles. The summed E-state index contributed by atoms with van der Waals surface area (Å²) in [5.41, 5.74) is 19.1. The van der Waals surface area contributed by atoms with Crippen molar-refractivity contribution in [3.63, 3.8) is 0 Å². The molecular formula is C75H59N4OPt-3. The van der Waals surface area contributed by atoms with E-state index in [2.05, 4.69) is 305 Å². The summed E-state index contributed by atoms with van der Waals surface area (Å²) in [5, 5.41) is 2.19. The number of anilines is 4. The maximum absolute atomic E-state index is 7.31. The van der Waals surface area contributed by atoms with Crippen LogP contribution >= 0.6 is 0 Å². The molecule has 2 aliphatic rings. The van der Waals surface area contributed by atoms with Gasteiger partial charge in [-0.05, 0) is 109 Å². The average Bonchev–Trinajstić information content (AvgIpc) is 4.33. The number of hydrogen-bond donors (Lipinski definition) is 0. The van der Waals surface area contributed by atoms with Crippen molar-refractivity contribution in [2.24, 2.45) is 0 Å². The molecular weight excluding hydrogens is 1170 g/mol. The smallest absolute Gasteiger partial charge is 0.135 e. The predicted octanol–water partition coefficient (Wildman–Crippen LogP) is 19.3. The fourth-order valence-electron chi connectivity index (χ4n) is 12.4. The fourth-order valence-corrected chi connectivity index (χ4v) is 12.4. The predicted molar refractivity (Wildman–Crippen MR) is 330 cm³/mol. The molecule has 0 saturated heterocycles. The molecule has 5 nitrogen and oxygen atoms in total. The molecule has 3 heterocycles. The standard InChI is InChI=1S/C75H59N4O.Pt/c1-73(2,3)53-40-41-76-71(46-53)79-67-35-21-18-32-61(67)62-39-38-57(48-70(62)79)80-58-43-55(75(52-28-14-9-15-29-52)65-33-19-16-30-59(65)60-31-17-20-34-66(60)75)42-56(47-58)77-49-78(69-37-23-22-36-68(69)77)72-63(50-24-10-7-11-25-50)44-54(74(4,5)6)45-64(72)51-26-12-8-13-27-51;/h7-46,49H,1-6H3;/q-3;. The third-order valence-corrected chi connectivity index (χ3v) is 16.3. The second kappa shape index (κ2) is 20.1. The van der Waals surface area contributed by atoms with Gasteiger partial charge in [0.2, 0.25) is 0 Å². The largest absolute Gasteiger partial charge is 0.509 e. The Bertz CT molecular complexity index is 4240. The molecule has 81 heavy (non-hydrogen) atoms. The first kappa shape index (κ1) is 51.7. The first-order valence-corrected chi connectivity index (χ1v) is 27.7. The van der Waals surface area contributed by atoms with Crippen LogP contribution < -0.4 is 14.5 Å². The van der Waals surface area contributed by atoms with Gasteiger partial charge in [0.05, 0.1) is 0 Å². The zero-order chi connectivity index (χ0) is 54.3. The summed E-state index contributed by atoms with van der Waals surface area (Å²) in [7, 11) is 0.